The molecule has 0 amide bonds. The molecule has 14 heteroatoms. The van der Waals surface area contributed by atoms with Gasteiger partial charge in [-0.3, -0.25) is 8.42 Å². The molecular weight excluding hydrogens is 539 g/mol. The summed E-state index contributed by atoms with van der Waals surface area (Å²) in [6.07, 6.45) is 3.69. The number of fused-ring (bicyclic) bond motifs is 5. The topological polar surface area (TPSA) is 112 Å². The van der Waals surface area contributed by atoms with Gasteiger partial charge in [0.25, 0.3) is 0 Å². The summed E-state index contributed by atoms with van der Waals surface area (Å²) >= 11 is 44.5. The Morgan fingerprint density at radius 2 is 1.33 bits per heavy atom. The normalized spacial score (nSPS) is 41.1. The largest absolute Gasteiger partial charge is 2.00 e. The van der Waals surface area contributed by atoms with E-state index in [1.165, 1.54) is 0 Å². The van der Waals surface area contributed by atoms with Crippen molar-refractivity contribution < 1.29 is 39.5 Å². The molecule has 2 N–H and O–H groups in total. The SMILES string of the molecule is ClC1=C(Cl)C2(Cl)C3C(Cl)C=CC3C1(Cl)C2(Cl)Cl.O.O=S(=O)([O-])[O-].[Ni+2]. The number of allylic oxidation sites excluding steroid dienone is 4. The van der Waals surface area contributed by atoms with Gasteiger partial charge in [0.15, 0.2) is 4.33 Å². The third-order valence-electron chi connectivity index (χ3n) is 3.90. The van der Waals surface area contributed by atoms with Gasteiger partial charge in [-0.1, -0.05) is 58.6 Å². The fraction of sp³-hybridized carbons (Fsp3) is 0.600. The van der Waals surface area contributed by atoms with Crippen molar-refractivity contribution in [2.24, 2.45) is 11.8 Å². The Kier molecular flexibility index (Phi) is 8.28. The van der Waals surface area contributed by atoms with Gasteiger partial charge in [0.2, 0.25) is 0 Å². The van der Waals surface area contributed by atoms with E-state index in [1.807, 2.05) is 12.2 Å². The summed E-state index contributed by atoms with van der Waals surface area (Å²) in [5.41, 5.74) is 0. The number of rotatable bonds is 0. The maximum atomic E-state index is 8.52. The van der Waals surface area contributed by atoms with Gasteiger partial charge in [0, 0.05) is 22.2 Å². The fourth-order valence-electron chi connectivity index (χ4n) is 3.08. The number of hydrogen-bond acceptors (Lipinski definition) is 4. The second-order valence-corrected chi connectivity index (χ2v) is 9.51. The number of hydrogen-bond donors (Lipinski definition) is 0. The first-order chi connectivity index (χ1) is 9.70. The summed E-state index contributed by atoms with van der Waals surface area (Å²) < 4.78 is 32.6. The Hall–Kier alpha value is 1.83. The maximum Gasteiger partial charge on any atom is 2.00 e. The van der Waals surface area contributed by atoms with Crippen LogP contribution < -0.4 is 0 Å². The fourth-order valence-corrected chi connectivity index (χ4v) is 6.60. The van der Waals surface area contributed by atoms with Gasteiger partial charge in [-0.25, -0.2) is 0 Å². The van der Waals surface area contributed by atoms with E-state index in [9.17, 15) is 0 Å². The van der Waals surface area contributed by atoms with E-state index >= 15 is 0 Å². The Balaban J connectivity index is 0.000000673. The van der Waals surface area contributed by atoms with Gasteiger partial charge >= 0.3 is 16.5 Å². The Labute approximate surface area is 183 Å². The molecule has 0 heterocycles. The van der Waals surface area contributed by atoms with Crippen LogP contribution in [0.3, 0.4) is 0 Å². The van der Waals surface area contributed by atoms with E-state index in [0.29, 0.717) is 0 Å². The molecule has 3 rings (SSSR count). The van der Waals surface area contributed by atoms with Crippen LogP contribution in [0.2, 0.25) is 0 Å². The monoisotopic (exact) mass is 542 g/mol. The predicted octanol–water partition coefficient (Wildman–Crippen LogP) is 3.08. The maximum absolute atomic E-state index is 8.52. The molecule has 1 saturated carbocycles. The molecule has 142 valence electrons. The molecule has 0 aromatic rings. The molecule has 3 aliphatic rings. The second kappa shape index (κ2) is 7.69. The van der Waals surface area contributed by atoms with E-state index < -0.39 is 24.5 Å². The average Bonchev–Trinajstić information content (AvgIpc) is 2.82. The molecule has 0 spiro atoms. The Morgan fingerprint density at radius 3 is 1.75 bits per heavy atom. The van der Waals surface area contributed by atoms with Crippen LogP contribution in [0.5, 0.6) is 0 Å². The molecule has 0 aromatic carbocycles. The first-order valence-corrected chi connectivity index (χ1v) is 9.55. The van der Waals surface area contributed by atoms with Crippen molar-refractivity contribution in [1.29, 1.82) is 0 Å². The van der Waals surface area contributed by atoms with Crippen molar-refractivity contribution in [3.05, 3.63) is 22.2 Å². The number of halogens is 7. The molecule has 0 saturated heterocycles. The summed E-state index contributed by atoms with van der Waals surface area (Å²) in [6, 6.07) is 0. The van der Waals surface area contributed by atoms with Gasteiger partial charge in [-0.2, -0.15) is 0 Å². The predicted molar refractivity (Wildman–Crippen MR) is 90.2 cm³/mol. The molecule has 5 nitrogen and oxygen atoms in total. The van der Waals surface area contributed by atoms with E-state index in [0.717, 1.165) is 0 Å². The molecular formula is C10H7Cl7NiO5S. The molecule has 5 unspecified atom stereocenters. The van der Waals surface area contributed by atoms with Crippen molar-refractivity contribution in [3.63, 3.8) is 0 Å². The molecule has 0 aliphatic heterocycles. The molecule has 1 fully saturated rings. The summed E-state index contributed by atoms with van der Waals surface area (Å²) in [5, 5.41) is 0.113. The van der Waals surface area contributed by atoms with Gasteiger partial charge < -0.3 is 14.6 Å². The first-order valence-electron chi connectivity index (χ1n) is 5.51. The third-order valence-corrected chi connectivity index (χ3v) is 8.61. The zero-order valence-corrected chi connectivity index (χ0v) is 18.0. The molecule has 2 bridgehead atoms. The van der Waals surface area contributed by atoms with Gasteiger partial charge in [-0.05, 0) is 0 Å². The second-order valence-electron chi connectivity index (χ2n) is 4.92. The van der Waals surface area contributed by atoms with Crippen LogP contribution >= 0.6 is 81.2 Å². The van der Waals surface area contributed by atoms with Crippen molar-refractivity contribution >= 4 is 91.6 Å². The smallest absolute Gasteiger partial charge is 0.759 e. The van der Waals surface area contributed by atoms with Crippen LogP contribution in [0, 0.1) is 11.8 Å². The van der Waals surface area contributed by atoms with Crippen LogP contribution in [0.15, 0.2) is 22.2 Å². The Bertz CT molecular complexity index is 675. The minimum atomic E-state index is -5.17. The molecule has 3 aliphatic carbocycles. The van der Waals surface area contributed by atoms with Gasteiger partial charge in [-0.15, -0.1) is 34.8 Å². The van der Waals surface area contributed by atoms with Crippen LogP contribution in [0.1, 0.15) is 0 Å². The van der Waals surface area contributed by atoms with E-state index in [4.69, 9.17) is 98.7 Å². The van der Waals surface area contributed by atoms with E-state index in [1.54, 1.807) is 0 Å². The average molecular weight is 546 g/mol. The Morgan fingerprint density at radius 1 is 0.958 bits per heavy atom. The van der Waals surface area contributed by atoms with Crippen LogP contribution in [-0.2, 0) is 26.9 Å². The summed E-state index contributed by atoms with van der Waals surface area (Å²) in [6.45, 7) is 0. The zero-order chi connectivity index (χ0) is 17.3. The van der Waals surface area contributed by atoms with Gasteiger partial charge in [0.1, 0.15) is 9.75 Å². The minimum Gasteiger partial charge on any atom is -0.759 e. The van der Waals surface area contributed by atoms with Crippen molar-refractivity contribution in [2.75, 3.05) is 0 Å². The molecule has 24 heavy (non-hydrogen) atoms. The molecule has 0 radical (unpaired) electrons. The van der Waals surface area contributed by atoms with Crippen molar-refractivity contribution in [1.82, 2.24) is 0 Å². The first kappa shape index (κ1) is 25.8. The summed E-state index contributed by atoms with van der Waals surface area (Å²) in [4.78, 5) is -2.45. The quantitative estimate of drug-likeness (QED) is 0.153. The standard InChI is InChI=1S/C10H5Cl7.Ni.H2O4S.H2O/c11-4-2-1-3-5(4)9(15)7(13)6(12)8(3,14)10(9,16)17;;1-5(2,3)4;/h1-5H;;(H2,1,2,3,4);1H2/q;+2;;/p-2. The van der Waals surface area contributed by atoms with Crippen LogP contribution in [0.25, 0.3) is 0 Å². The zero-order valence-electron chi connectivity index (χ0n) is 10.9. The summed E-state index contributed by atoms with van der Waals surface area (Å²) in [7, 11) is -5.17. The minimum absolute atomic E-state index is 0. The van der Waals surface area contributed by atoms with E-state index in [2.05, 4.69) is 0 Å². The number of alkyl halides is 5. The summed E-state index contributed by atoms with van der Waals surface area (Å²) in [5.74, 6) is -0.470. The van der Waals surface area contributed by atoms with Crippen molar-refractivity contribution in [3.8, 4) is 0 Å². The van der Waals surface area contributed by atoms with Crippen LogP contribution in [-0.4, -0.2) is 42.5 Å². The van der Waals surface area contributed by atoms with Gasteiger partial charge in [0.05, 0.1) is 15.4 Å². The van der Waals surface area contributed by atoms with Crippen molar-refractivity contribution in [2.45, 2.75) is 19.5 Å². The molecule has 0 aromatic heterocycles. The van der Waals surface area contributed by atoms with E-state index in [-0.39, 0.29) is 49.2 Å². The third kappa shape index (κ3) is 3.36. The van der Waals surface area contributed by atoms with Crippen LogP contribution in [0.4, 0.5) is 0 Å². The molecule has 5 atom stereocenters.